The highest BCUT2D eigenvalue weighted by molar-refractivity contribution is 5.79. The van der Waals surface area contributed by atoms with Crippen molar-refractivity contribution in [2.24, 2.45) is 50.7 Å². The molecular formula is C37H56O9. The van der Waals surface area contributed by atoms with Crippen LogP contribution in [0.3, 0.4) is 0 Å². The smallest absolute Gasteiger partial charge is 0.312 e. The van der Waals surface area contributed by atoms with E-state index in [9.17, 15) is 24.3 Å². The molecule has 5 aliphatic rings. The molecule has 0 spiro atoms. The van der Waals surface area contributed by atoms with Crippen molar-refractivity contribution >= 4 is 23.9 Å². The Morgan fingerprint density at radius 1 is 0.826 bits per heavy atom. The first-order valence-corrected chi connectivity index (χ1v) is 17.3. The van der Waals surface area contributed by atoms with Crippen molar-refractivity contribution in [2.45, 2.75) is 125 Å². The lowest BCUT2D eigenvalue weighted by atomic mass is 9.33. The van der Waals surface area contributed by atoms with Gasteiger partial charge in [-0.15, -0.1) is 0 Å². The van der Waals surface area contributed by atoms with E-state index in [0.29, 0.717) is 19.3 Å². The lowest BCUT2D eigenvalue weighted by Crippen LogP contribution is -2.69. The summed E-state index contributed by atoms with van der Waals surface area (Å²) in [6, 6.07) is 0. The third-order valence-electron chi connectivity index (χ3n) is 14.6. The highest BCUT2D eigenvalue weighted by Crippen LogP contribution is 2.76. The van der Waals surface area contributed by atoms with Gasteiger partial charge in [-0.25, -0.2) is 0 Å². The third-order valence-corrected chi connectivity index (χ3v) is 14.6. The van der Waals surface area contributed by atoms with E-state index in [-0.39, 0.29) is 59.1 Å². The Labute approximate surface area is 274 Å². The first-order valence-electron chi connectivity index (χ1n) is 17.3. The van der Waals surface area contributed by atoms with Crippen LogP contribution in [0.5, 0.6) is 0 Å². The van der Waals surface area contributed by atoms with Gasteiger partial charge in [-0.05, 0) is 98.7 Å². The number of carbonyl (C=O) groups excluding carboxylic acids is 4. The van der Waals surface area contributed by atoms with Crippen LogP contribution in [0.4, 0.5) is 0 Å². The Balaban J connectivity index is 1.63. The molecule has 5 aliphatic carbocycles. The Morgan fingerprint density at radius 3 is 2.02 bits per heavy atom. The quantitative estimate of drug-likeness (QED) is 0.212. The van der Waals surface area contributed by atoms with Crippen molar-refractivity contribution in [1.82, 2.24) is 0 Å². The van der Waals surface area contributed by atoms with Gasteiger partial charge >= 0.3 is 23.9 Å². The lowest BCUT2D eigenvalue weighted by Gasteiger charge is -2.72. The molecule has 0 bridgehead atoms. The van der Waals surface area contributed by atoms with E-state index in [1.807, 2.05) is 6.92 Å². The maximum Gasteiger partial charge on any atom is 0.312 e. The van der Waals surface area contributed by atoms with Crippen LogP contribution in [0.1, 0.15) is 113 Å². The second-order valence-corrected chi connectivity index (χ2v) is 16.5. The molecule has 4 fully saturated rings. The van der Waals surface area contributed by atoms with Crippen molar-refractivity contribution < 1.29 is 43.2 Å². The Bertz CT molecular complexity index is 1280. The molecule has 0 aromatic heterocycles. The fourth-order valence-electron chi connectivity index (χ4n) is 11.9. The van der Waals surface area contributed by atoms with Crippen molar-refractivity contribution in [3.05, 3.63) is 11.6 Å². The summed E-state index contributed by atoms with van der Waals surface area (Å²) < 4.78 is 22.9. The fourth-order valence-corrected chi connectivity index (χ4v) is 11.9. The molecule has 9 nitrogen and oxygen atoms in total. The third kappa shape index (κ3) is 4.87. The van der Waals surface area contributed by atoms with Gasteiger partial charge in [-0.2, -0.15) is 0 Å². The van der Waals surface area contributed by atoms with E-state index in [0.717, 1.165) is 38.5 Å². The molecule has 46 heavy (non-hydrogen) atoms. The second-order valence-electron chi connectivity index (χ2n) is 16.5. The fraction of sp³-hybridized carbons (Fsp3) is 0.838. The first kappa shape index (κ1) is 34.9. The SMILES string of the molecule is COC(=O)C12CCC(C)C(C)(O)C1C1=CCC3C4(C)CCC(OC(C)=O)C(COC(C)=O)(COC(C)=O)C4CCC3(C)C1(C)CC2. The number of fused-ring (bicyclic) bond motifs is 7. The topological polar surface area (TPSA) is 125 Å². The molecule has 0 radical (unpaired) electrons. The molecule has 0 aromatic rings. The van der Waals surface area contributed by atoms with Crippen LogP contribution in [0.15, 0.2) is 11.6 Å². The molecular weight excluding hydrogens is 588 g/mol. The Hall–Kier alpha value is -2.42. The number of rotatable bonds is 6. The maximum absolute atomic E-state index is 13.6. The number of allylic oxidation sites excluding steroid dienone is 1. The molecule has 1 N–H and O–H groups in total. The lowest BCUT2D eigenvalue weighted by molar-refractivity contribution is -0.244. The van der Waals surface area contributed by atoms with Crippen LogP contribution in [0.25, 0.3) is 0 Å². The number of ether oxygens (including phenoxy) is 4. The molecule has 5 rings (SSSR count). The molecule has 0 heterocycles. The molecule has 0 aliphatic heterocycles. The molecule has 258 valence electrons. The summed E-state index contributed by atoms with van der Waals surface area (Å²) in [6.45, 7) is 15.3. The summed E-state index contributed by atoms with van der Waals surface area (Å²) in [7, 11) is 1.47. The van der Waals surface area contributed by atoms with Crippen LogP contribution in [0, 0.1) is 50.7 Å². The summed E-state index contributed by atoms with van der Waals surface area (Å²) in [6.07, 6.45) is 8.55. The van der Waals surface area contributed by atoms with Crippen LogP contribution in [-0.4, -0.2) is 61.0 Å². The molecule has 10 atom stereocenters. The van der Waals surface area contributed by atoms with Gasteiger partial charge in [0.2, 0.25) is 0 Å². The van der Waals surface area contributed by atoms with Gasteiger partial charge in [0.05, 0.1) is 23.5 Å². The monoisotopic (exact) mass is 644 g/mol. The molecule has 4 saturated carbocycles. The normalized spacial score (nSPS) is 44.1. The zero-order chi connectivity index (χ0) is 34.1. The highest BCUT2D eigenvalue weighted by atomic mass is 16.6. The summed E-state index contributed by atoms with van der Waals surface area (Å²) in [5.74, 6) is -1.60. The minimum Gasteiger partial charge on any atom is -0.469 e. The molecule has 9 heteroatoms. The largest absolute Gasteiger partial charge is 0.469 e. The van der Waals surface area contributed by atoms with Crippen molar-refractivity contribution in [1.29, 1.82) is 0 Å². The minimum absolute atomic E-state index is 0.0000863. The number of esters is 4. The van der Waals surface area contributed by atoms with Crippen molar-refractivity contribution in [3.63, 3.8) is 0 Å². The van der Waals surface area contributed by atoms with Crippen LogP contribution in [0.2, 0.25) is 0 Å². The number of carbonyl (C=O) groups is 4. The minimum atomic E-state index is -1.06. The van der Waals surface area contributed by atoms with Gasteiger partial charge in [-0.3, -0.25) is 19.2 Å². The van der Waals surface area contributed by atoms with E-state index in [1.165, 1.54) is 33.5 Å². The van der Waals surface area contributed by atoms with E-state index in [4.69, 9.17) is 18.9 Å². The number of hydrogen-bond donors (Lipinski definition) is 1. The first-order chi connectivity index (χ1) is 21.4. The maximum atomic E-state index is 13.6. The van der Waals surface area contributed by atoms with E-state index in [2.05, 4.69) is 33.8 Å². The van der Waals surface area contributed by atoms with Gasteiger partial charge in [0.1, 0.15) is 19.3 Å². The van der Waals surface area contributed by atoms with E-state index < -0.39 is 40.4 Å². The zero-order valence-electron chi connectivity index (χ0n) is 29.5. The Morgan fingerprint density at radius 2 is 1.46 bits per heavy atom. The predicted molar refractivity (Wildman–Crippen MR) is 170 cm³/mol. The summed E-state index contributed by atoms with van der Waals surface area (Å²) >= 11 is 0. The molecule has 10 unspecified atom stereocenters. The highest BCUT2D eigenvalue weighted by Gasteiger charge is 2.72. The van der Waals surface area contributed by atoms with Crippen LogP contribution >= 0.6 is 0 Å². The average Bonchev–Trinajstić information content (AvgIpc) is 2.97. The molecule has 0 amide bonds. The summed E-state index contributed by atoms with van der Waals surface area (Å²) in [5, 5.41) is 12.2. The van der Waals surface area contributed by atoms with E-state index in [1.54, 1.807) is 0 Å². The van der Waals surface area contributed by atoms with Crippen LogP contribution < -0.4 is 0 Å². The number of hydrogen-bond acceptors (Lipinski definition) is 9. The van der Waals surface area contributed by atoms with Gasteiger partial charge < -0.3 is 24.1 Å². The zero-order valence-corrected chi connectivity index (χ0v) is 29.5. The predicted octanol–water partition coefficient (Wildman–Crippen LogP) is 5.95. The number of aliphatic hydroxyl groups is 1. The number of methoxy groups -OCH3 is 1. The van der Waals surface area contributed by atoms with Gasteiger partial charge in [0.15, 0.2) is 0 Å². The van der Waals surface area contributed by atoms with Crippen molar-refractivity contribution in [2.75, 3.05) is 20.3 Å². The van der Waals surface area contributed by atoms with Crippen molar-refractivity contribution in [3.8, 4) is 0 Å². The van der Waals surface area contributed by atoms with Gasteiger partial charge in [0, 0.05) is 26.7 Å². The summed E-state index contributed by atoms with van der Waals surface area (Å²) in [5.41, 5.74) is -2.17. The van der Waals surface area contributed by atoms with E-state index >= 15 is 0 Å². The van der Waals surface area contributed by atoms with Gasteiger partial charge in [-0.1, -0.05) is 39.3 Å². The molecule has 0 aromatic carbocycles. The summed E-state index contributed by atoms with van der Waals surface area (Å²) in [4.78, 5) is 50.4. The molecule has 0 saturated heterocycles. The van der Waals surface area contributed by atoms with Gasteiger partial charge in [0.25, 0.3) is 0 Å². The second kappa shape index (κ2) is 11.6. The average molecular weight is 645 g/mol. The standard InChI is InChI=1S/C37H56O9/c1-22-12-17-36(31(41)43-9)19-18-33(6)26(30(36)35(22,8)42)10-11-27-32(5)15-14-29(46-25(4)40)37(20-44-23(2)38,21-45-24(3)39)28(32)13-16-34(27,33)7/h10,22,27-30,42H,11-21H2,1-9H3. The van der Waals surface area contributed by atoms with Crippen LogP contribution in [-0.2, 0) is 38.1 Å². The Kier molecular flexibility index (Phi) is 8.82.